The lowest BCUT2D eigenvalue weighted by molar-refractivity contribution is -0.114. The molecule has 2 N–H and O–H groups in total. The summed E-state index contributed by atoms with van der Waals surface area (Å²) in [6.45, 7) is 7.18. The summed E-state index contributed by atoms with van der Waals surface area (Å²) in [6.07, 6.45) is 0. The van der Waals surface area contributed by atoms with Crippen LogP contribution in [0.15, 0.2) is 35.4 Å². The van der Waals surface area contributed by atoms with Crippen molar-refractivity contribution in [3.63, 3.8) is 0 Å². The first kappa shape index (κ1) is 15.6. The number of amides is 1. The molecule has 0 saturated carbocycles. The fraction of sp³-hybridized carbons (Fsp3) is 0.250. The Balaban J connectivity index is 2.16. The first-order valence-electron chi connectivity index (χ1n) is 6.94. The van der Waals surface area contributed by atoms with Crippen molar-refractivity contribution in [3.05, 3.63) is 47.3 Å². The number of aryl methyl sites for hydroxylation is 2. The van der Waals surface area contributed by atoms with Gasteiger partial charge in [0, 0.05) is 24.0 Å². The fourth-order valence-corrected chi connectivity index (χ4v) is 2.00. The molecule has 0 bridgehead atoms. The fourth-order valence-electron chi connectivity index (χ4n) is 2.00. The number of nitrogens with zero attached hydrogens (tertiary/aromatic N) is 3. The zero-order valence-electron chi connectivity index (χ0n) is 13.1. The highest BCUT2D eigenvalue weighted by Gasteiger charge is 2.02. The van der Waals surface area contributed by atoms with Crippen molar-refractivity contribution in [2.24, 2.45) is 5.10 Å². The Kier molecular flexibility index (Phi) is 4.83. The summed E-state index contributed by atoms with van der Waals surface area (Å²) >= 11 is 0. The molecule has 0 atom stereocenters. The highest BCUT2D eigenvalue weighted by molar-refractivity contribution is 6.00. The van der Waals surface area contributed by atoms with Crippen LogP contribution in [-0.2, 0) is 4.79 Å². The molecule has 2 aromatic rings. The van der Waals surface area contributed by atoms with Crippen molar-refractivity contribution in [2.45, 2.75) is 27.7 Å². The maximum absolute atomic E-state index is 11.1. The van der Waals surface area contributed by atoms with E-state index < -0.39 is 0 Å². The van der Waals surface area contributed by atoms with E-state index in [0.29, 0.717) is 5.95 Å². The van der Waals surface area contributed by atoms with Crippen molar-refractivity contribution in [1.29, 1.82) is 0 Å². The minimum absolute atomic E-state index is 0.103. The molecular weight excluding hydrogens is 278 g/mol. The zero-order chi connectivity index (χ0) is 16.1. The smallest absolute Gasteiger partial charge is 0.243 e. The molecule has 1 heterocycles. The van der Waals surface area contributed by atoms with Gasteiger partial charge < -0.3 is 5.32 Å². The Bertz CT molecular complexity index is 704. The number of nitrogens with one attached hydrogen (secondary N) is 2. The monoisotopic (exact) mass is 297 g/mol. The van der Waals surface area contributed by atoms with E-state index in [2.05, 4.69) is 25.8 Å². The third-order valence-electron chi connectivity index (χ3n) is 2.91. The molecule has 0 aliphatic heterocycles. The first-order valence-corrected chi connectivity index (χ1v) is 6.94. The van der Waals surface area contributed by atoms with Crippen LogP contribution in [0.2, 0.25) is 0 Å². The molecule has 0 spiro atoms. The van der Waals surface area contributed by atoms with Crippen molar-refractivity contribution >= 4 is 23.3 Å². The number of hydrazone groups is 1. The summed E-state index contributed by atoms with van der Waals surface area (Å²) in [5, 5.41) is 7.05. The number of hydrogen-bond donors (Lipinski definition) is 2. The van der Waals surface area contributed by atoms with Gasteiger partial charge in [-0.15, -0.1) is 0 Å². The lowest BCUT2D eigenvalue weighted by atomic mass is 10.1. The molecule has 2 rings (SSSR count). The number of carbonyl (C=O) groups excluding carboxylic acids is 1. The van der Waals surface area contributed by atoms with E-state index in [9.17, 15) is 4.79 Å². The molecule has 0 unspecified atom stereocenters. The first-order chi connectivity index (χ1) is 10.4. The minimum Gasteiger partial charge on any atom is -0.326 e. The van der Waals surface area contributed by atoms with Crippen molar-refractivity contribution in [2.75, 3.05) is 10.7 Å². The van der Waals surface area contributed by atoms with Gasteiger partial charge in [0.25, 0.3) is 0 Å². The second-order valence-electron chi connectivity index (χ2n) is 5.05. The Morgan fingerprint density at radius 1 is 1.09 bits per heavy atom. The normalized spacial score (nSPS) is 11.2. The molecule has 0 radical (unpaired) electrons. The summed E-state index contributed by atoms with van der Waals surface area (Å²) in [6, 6.07) is 9.39. The van der Waals surface area contributed by atoms with Crippen LogP contribution in [0, 0.1) is 13.8 Å². The van der Waals surface area contributed by atoms with Gasteiger partial charge >= 0.3 is 0 Å². The van der Waals surface area contributed by atoms with Crippen LogP contribution in [0.3, 0.4) is 0 Å². The van der Waals surface area contributed by atoms with E-state index >= 15 is 0 Å². The second-order valence-corrected chi connectivity index (χ2v) is 5.05. The molecule has 0 saturated heterocycles. The van der Waals surface area contributed by atoms with Crippen molar-refractivity contribution in [1.82, 2.24) is 9.97 Å². The van der Waals surface area contributed by atoms with E-state index in [1.807, 2.05) is 51.1 Å². The molecule has 0 aliphatic rings. The molecular formula is C16H19N5O. The van der Waals surface area contributed by atoms with E-state index in [0.717, 1.165) is 28.4 Å². The van der Waals surface area contributed by atoms with Gasteiger partial charge in [-0.05, 0) is 44.5 Å². The molecule has 22 heavy (non-hydrogen) atoms. The van der Waals surface area contributed by atoms with Crippen LogP contribution in [0.4, 0.5) is 11.6 Å². The van der Waals surface area contributed by atoms with Gasteiger partial charge in [0.2, 0.25) is 11.9 Å². The molecule has 6 nitrogen and oxygen atoms in total. The molecule has 1 amide bonds. The highest BCUT2D eigenvalue weighted by atomic mass is 16.1. The topological polar surface area (TPSA) is 79.3 Å². The van der Waals surface area contributed by atoms with E-state index in [-0.39, 0.29) is 5.91 Å². The summed E-state index contributed by atoms with van der Waals surface area (Å²) in [7, 11) is 0. The quantitative estimate of drug-likeness (QED) is 0.672. The average Bonchev–Trinajstić information content (AvgIpc) is 2.43. The number of carbonyl (C=O) groups is 1. The molecule has 0 aliphatic carbocycles. The lowest BCUT2D eigenvalue weighted by Gasteiger charge is -2.06. The minimum atomic E-state index is -0.103. The third kappa shape index (κ3) is 4.37. The summed E-state index contributed by atoms with van der Waals surface area (Å²) in [5.41, 5.74) is 7.05. The summed E-state index contributed by atoms with van der Waals surface area (Å²) in [5.74, 6) is 0.364. The van der Waals surface area contributed by atoms with Gasteiger partial charge in [-0.25, -0.2) is 15.4 Å². The zero-order valence-corrected chi connectivity index (χ0v) is 13.1. The van der Waals surface area contributed by atoms with Gasteiger partial charge in [-0.1, -0.05) is 12.1 Å². The maximum atomic E-state index is 11.1. The number of anilines is 2. The van der Waals surface area contributed by atoms with E-state index in [1.54, 1.807) is 0 Å². The van der Waals surface area contributed by atoms with Gasteiger partial charge in [0.05, 0.1) is 5.71 Å². The van der Waals surface area contributed by atoms with Gasteiger partial charge in [-0.3, -0.25) is 4.79 Å². The molecule has 114 valence electrons. The second kappa shape index (κ2) is 6.80. The van der Waals surface area contributed by atoms with Crippen LogP contribution < -0.4 is 10.7 Å². The van der Waals surface area contributed by atoms with Gasteiger partial charge in [0.15, 0.2) is 0 Å². The molecule has 1 aromatic heterocycles. The molecule has 1 aromatic carbocycles. The number of hydrogen-bond acceptors (Lipinski definition) is 5. The summed E-state index contributed by atoms with van der Waals surface area (Å²) < 4.78 is 0. The van der Waals surface area contributed by atoms with Crippen LogP contribution in [0.5, 0.6) is 0 Å². The Hall–Kier alpha value is -2.76. The lowest BCUT2D eigenvalue weighted by Crippen LogP contribution is -2.07. The third-order valence-corrected chi connectivity index (χ3v) is 2.91. The van der Waals surface area contributed by atoms with Gasteiger partial charge in [-0.2, -0.15) is 5.10 Å². The maximum Gasteiger partial charge on any atom is 0.243 e. The Labute approximate surface area is 129 Å². The van der Waals surface area contributed by atoms with E-state index in [4.69, 9.17) is 0 Å². The molecule has 6 heteroatoms. The Morgan fingerprint density at radius 2 is 1.77 bits per heavy atom. The SMILES string of the molecule is CC(=O)Nc1cccc(/C(C)=N\Nc2nc(C)cc(C)n2)c1. The number of rotatable bonds is 4. The highest BCUT2D eigenvalue weighted by Crippen LogP contribution is 2.12. The number of aromatic nitrogens is 2. The predicted octanol–water partition coefficient (Wildman–Crippen LogP) is 2.89. The van der Waals surface area contributed by atoms with E-state index in [1.165, 1.54) is 6.92 Å². The van der Waals surface area contributed by atoms with Crippen molar-refractivity contribution in [3.8, 4) is 0 Å². The Morgan fingerprint density at radius 3 is 2.41 bits per heavy atom. The summed E-state index contributed by atoms with van der Waals surface area (Å²) in [4.78, 5) is 19.6. The van der Waals surface area contributed by atoms with Gasteiger partial charge in [0.1, 0.15) is 0 Å². The van der Waals surface area contributed by atoms with Crippen molar-refractivity contribution < 1.29 is 4.79 Å². The predicted molar refractivity (Wildman–Crippen MR) is 88.1 cm³/mol. The van der Waals surface area contributed by atoms with Crippen LogP contribution in [0.25, 0.3) is 0 Å². The number of benzene rings is 1. The standard InChI is InChI=1S/C16H19N5O/c1-10-8-11(2)18-16(17-10)21-20-12(3)14-6-5-7-15(9-14)19-13(4)22/h5-9H,1-4H3,(H,19,22)(H,17,18,21)/b20-12-. The molecule has 0 fully saturated rings. The average molecular weight is 297 g/mol. The largest absolute Gasteiger partial charge is 0.326 e. The van der Waals surface area contributed by atoms with Crippen LogP contribution in [0.1, 0.15) is 30.8 Å². The van der Waals surface area contributed by atoms with Crippen LogP contribution in [-0.4, -0.2) is 21.6 Å². The van der Waals surface area contributed by atoms with Crippen LogP contribution >= 0.6 is 0 Å².